The minimum Gasteiger partial charge on any atom is -0.337 e. The molecule has 0 aromatic heterocycles. The number of hydrogen-bond donors (Lipinski definition) is 0. The molecule has 0 radical (unpaired) electrons. The monoisotopic (exact) mass is 446 g/mol. The summed E-state index contributed by atoms with van der Waals surface area (Å²) in [4.78, 5) is 14.7. The second-order valence-corrected chi connectivity index (χ2v) is 10.4. The summed E-state index contributed by atoms with van der Waals surface area (Å²) in [5, 5.41) is 0. The van der Waals surface area contributed by atoms with E-state index >= 15 is 0 Å². The van der Waals surface area contributed by atoms with Crippen LogP contribution in [0.25, 0.3) is 0 Å². The average Bonchev–Trinajstić information content (AvgIpc) is 3.21. The van der Waals surface area contributed by atoms with E-state index in [-0.39, 0.29) is 41.9 Å². The van der Waals surface area contributed by atoms with Gasteiger partial charge < -0.3 is 4.90 Å². The van der Waals surface area contributed by atoms with Crippen LogP contribution in [0.3, 0.4) is 0 Å². The number of benzene rings is 1. The molecule has 1 heterocycles. The molecule has 0 bridgehead atoms. The van der Waals surface area contributed by atoms with Gasteiger partial charge in [0.15, 0.2) is 0 Å². The first-order valence-corrected chi connectivity index (χ1v) is 12.0. The number of sulfonamides is 1. The Morgan fingerprint density at radius 3 is 2.23 bits per heavy atom. The summed E-state index contributed by atoms with van der Waals surface area (Å²) in [6, 6.07) is 4.16. The van der Waals surface area contributed by atoms with Crippen LogP contribution >= 0.6 is 0 Å². The highest BCUT2D eigenvalue weighted by molar-refractivity contribution is 7.89. The van der Waals surface area contributed by atoms with Gasteiger partial charge in [-0.15, -0.1) is 0 Å². The van der Waals surface area contributed by atoms with Gasteiger partial charge in [0.25, 0.3) is 0 Å². The van der Waals surface area contributed by atoms with Crippen LogP contribution < -0.4 is 0 Å². The molecular formula is C21H29F3N2O3S. The van der Waals surface area contributed by atoms with E-state index in [9.17, 15) is 26.4 Å². The molecule has 1 aromatic rings. The van der Waals surface area contributed by atoms with E-state index < -0.39 is 21.8 Å². The van der Waals surface area contributed by atoms with E-state index in [4.69, 9.17) is 0 Å². The zero-order valence-electron chi connectivity index (χ0n) is 17.4. The van der Waals surface area contributed by atoms with Crippen LogP contribution in [-0.4, -0.2) is 48.7 Å². The number of carbonyl (C=O) groups excluding carboxylic acids is 1. The molecule has 1 aromatic carbocycles. The molecule has 0 spiro atoms. The summed E-state index contributed by atoms with van der Waals surface area (Å²) in [5.41, 5.74) is -0.988. The number of piperidine rings is 1. The van der Waals surface area contributed by atoms with E-state index in [1.165, 1.54) is 10.4 Å². The number of carbonyl (C=O) groups is 1. The summed E-state index contributed by atoms with van der Waals surface area (Å²) in [5.74, 6) is -0.172. The summed E-state index contributed by atoms with van der Waals surface area (Å²) < 4.78 is 65.8. The van der Waals surface area contributed by atoms with Gasteiger partial charge in [-0.2, -0.15) is 17.5 Å². The molecule has 9 heteroatoms. The first-order valence-electron chi connectivity index (χ1n) is 10.5. The number of alkyl halides is 3. The number of nitrogens with zero attached hydrogens (tertiary/aromatic N) is 2. The molecule has 0 N–H and O–H groups in total. The van der Waals surface area contributed by atoms with Crippen LogP contribution in [0.2, 0.25) is 0 Å². The fraction of sp³-hybridized carbons (Fsp3) is 0.667. The van der Waals surface area contributed by atoms with E-state index in [0.29, 0.717) is 18.9 Å². The Labute approximate surface area is 176 Å². The third kappa shape index (κ3) is 4.82. The summed E-state index contributed by atoms with van der Waals surface area (Å²) in [6.45, 7) is 4.27. The molecular weight excluding hydrogens is 417 g/mol. The second-order valence-electron chi connectivity index (χ2n) is 8.48. The first kappa shape index (κ1) is 23.1. The highest BCUT2D eigenvalue weighted by atomic mass is 32.2. The Kier molecular flexibility index (Phi) is 6.81. The van der Waals surface area contributed by atoms with Crippen molar-refractivity contribution < 1.29 is 26.4 Å². The molecule has 1 amide bonds. The van der Waals surface area contributed by atoms with Gasteiger partial charge in [-0.25, -0.2) is 8.42 Å². The molecule has 1 saturated carbocycles. The molecule has 1 aliphatic carbocycles. The minimum atomic E-state index is -4.61. The van der Waals surface area contributed by atoms with Crippen LogP contribution in [0.5, 0.6) is 0 Å². The van der Waals surface area contributed by atoms with Crippen LogP contribution in [0.1, 0.15) is 57.9 Å². The summed E-state index contributed by atoms with van der Waals surface area (Å²) in [7, 11) is -4.04. The zero-order chi connectivity index (χ0) is 22.1. The van der Waals surface area contributed by atoms with E-state index in [2.05, 4.69) is 0 Å². The molecule has 1 saturated heterocycles. The average molecular weight is 447 g/mol. The SMILES string of the molecule is CC(C)N(C(=O)C1CCN(S(=O)(=O)c2cccc(C(F)(F)F)c2)CC1)C1CCCC1. The molecule has 3 rings (SSSR count). The maximum absolute atomic E-state index is 13.1. The lowest BCUT2D eigenvalue weighted by atomic mass is 9.95. The van der Waals surface area contributed by atoms with Crippen molar-refractivity contribution in [3.63, 3.8) is 0 Å². The Hall–Kier alpha value is -1.61. The van der Waals surface area contributed by atoms with Crippen molar-refractivity contribution in [1.29, 1.82) is 0 Å². The van der Waals surface area contributed by atoms with E-state index in [1.54, 1.807) is 0 Å². The molecule has 1 aliphatic heterocycles. The molecule has 2 aliphatic rings. The third-order valence-electron chi connectivity index (χ3n) is 6.13. The van der Waals surface area contributed by atoms with Crippen LogP contribution in [0.15, 0.2) is 29.2 Å². The Morgan fingerprint density at radius 1 is 1.10 bits per heavy atom. The predicted octanol–water partition coefficient (Wildman–Crippen LogP) is 4.29. The van der Waals surface area contributed by atoms with E-state index in [0.717, 1.165) is 37.8 Å². The lowest BCUT2D eigenvalue weighted by Crippen LogP contribution is -2.49. The molecule has 0 unspecified atom stereocenters. The third-order valence-corrected chi connectivity index (χ3v) is 8.03. The van der Waals surface area contributed by atoms with Crippen LogP contribution in [-0.2, 0) is 21.0 Å². The standard InChI is InChI=1S/C21H29F3N2O3S/c1-15(2)26(18-7-3-4-8-18)20(27)16-10-12-25(13-11-16)30(28,29)19-9-5-6-17(14-19)21(22,23)24/h5-6,9,14-16,18H,3-4,7-8,10-13H2,1-2H3. The zero-order valence-corrected chi connectivity index (χ0v) is 18.2. The number of amides is 1. The van der Waals surface area contributed by atoms with Gasteiger partial charge in [0.1, 0.15) is 0 Å². The maximum Gasteiger partial charge on any atom is 0.416 e. The number of hydrogen-bond acceptors (Lipinski definition) is 3. The van der Waals surface area contributed by atoms with Gasteiger partial charge in [-0.05, 0) is 57.7 Å². The van der Waals surface area contributed by atoms with Gasteiger partial charge in [0, 0.05) is 31.1 Å². The van der Waals surface area contributed by atoms with Crippen molar-refractivity contribution in [1.82, 2.24) is 9.21 Å². The van der Waals surface area contributed by atoms with Gasteiger partial charge in [0.2, 0.25) is 15.9 Å². The van der Waals surface area contributed by atoms with Crippen molar-refractivity contribution in [3.8, 4) is 0 Å². The van der Waals surface area contributed by atoms with Gasteiger partial charge in [-0.3, -0.25) is 4.79 Å². The highest BCUT2D eigenvalue weighted by Gasteiger charge is 2.38. The van der Waals surface area contributed by atoms with Crippen LogP contribution in [0.4, 0.5) is 13.2 Å². The summed E-state index contributed by atoms with van der Waals surface area (Å²) >= 11 is 0. The largest absolute Gasteiger partial charge is 0.416 e. The smallest absolute Gasteiger partial charge is 0.337 e. The molecule has 2 fully saturated rings. The fourth-order valence-electron chi connectivity index (χ4n) is 4.57. The lowest BCUT2D eigenvalue weighted by Gasteiger charge is -2.38. The molecule has 0 atom stereocenters. The van der Waals surface area contributed by atoms with Crippen molar-refractivity contribution in [3.05, 3.63) is 29.8 Å². The molecule has 5 nitrogen and oxygen atoms in total. The number of rotatable bonds is 5. The van der Waals surface area contributed by atoms with E-state index in [1.807, 2.05) is 18.7 Å². The normalized spacial score (nSPS) is 20.1. The maximum atomic E-state index is 13.1. The predicted molar refractivity (Wildman–Crippen MR) is 107 cm³/mol. The Morgan fingerprint density at radius 2 is 1.70 bits per heavy atom. The summed E-state index contributed by atoms with van der Waals surface area (Å²) in [6.07, 6.45) is 0.411. The molecule has 30 heavy (non-hydrogen) atoms. The molecule has 168 valence electrons. The second kappa shape index (κ2) is 8.86. The van der Waals surface area contributed by atoms with Crippen molar-refractivity contribution in [2.24, 2.45) is 5.92 Å². The minimum absolute atomic E-state index is 0.0769. The van der Waals surface area contributed by atoms with Crippen molar-refractivity contribution >= 4 is 15.9 Å². The highest BCUT2D eigenvalue weighted by Crippen LogP contribution is 2.33. The van der Waals surface area contributed by atoms with Gasteiger partial charge in [0.05, 0.1) is 10.5 Å². The van der Waals surface area contributed by atoms with Gasteiger partial charge >= 0.3 is 6.18 Å². The first-order chi connectivity index (χ1) is 14.0. The van der Waals surface area contributed by atoms with Crippen molar-refractivity contribution in [2.75, 3.05) is 13.1 Å². The Balaban J connectivity index is 1.69. The number of halogens is 3. The fourth-order valence-corrected chi connectivity index (χ4v) is 6.09. The topological polar surface area (TPSA) is 57.7 Å². The Bertz CT molecular complexity index is 856. The van der Waals surface area contributed by atoms with Crippen LogP contribution in [0, 0.1) is 5.92 Å². The van der Waals surface area contributed by atoms with Gasteiger partial charge in [-0.1, -0.05) is 18.9 Å². The lowest BCUT2D eigenvalue weighted by molar-refractivity contribution is -0.141. The van der Waals surface area contributed by atoms with Crippen molar-refractivity contribution in [2.45, 2.75) is 75.5 Å². The quantitative estimate of drug-likeness (QED) is 0.678.